The van der Waals surface area contributed by atoms with Gasteiger partial charge in [-0.2, -0.15) is 0 Å². The first kappa shape index (κ1) is 71.6. The van der Waals surface area contributed by atoms with E-state index < -0.39 is 57.8 Å². The Labute approximate surface area is 461 Å². The maximum atomic E-state index is 12.9. The van der Waals surface area contributed by atoms with Crippen LogP contribution in [0.5, 0.6) is 0 Å². The Morgan fingerprint density at radius 2 is 0.724 bits per heavy atom. The third kappa shape index (κ3) is 54.4. The van der Waals surface area contributed by atoms with Crippen LogP contribution in [0, 0.1) is 0 Å². The van der Waals surface area contributed by atoms with Crippen molar-refractivity contribution in [3.8, 4) is 0 Å². The van der Waals surface area contributed by atoms with E-state index in [1.54, 1.807) is 0 Å². The number of phosphoric ester groups is 1. The van der Waals surface area contributed by atoms with Gasteiger partial charge in [-0.3, -0.25) is 23.4 Å². The Bertz CT molecular complexity index is 1780. The van der Waals surface area contributed by atoms with Crippen molar-refractivity contribution in [2.75, 3.05) is 26.4 Å². The molecular formula is C64H103O11P. The summed E-state index contributed by atoms with van der Waals surface area (Å²) >= 11 is 0. The highest BCUT2D eigenvalue weighted by Gasteiger charge is 2.28. The van der Waals surface area contributed by atoms with Crippen LogP contribution >= 0.6 is 7.82 Å². The zero-order valence-corrected chi connectivity index (χ0v) is 48.3. The van der Waals surface area contributed by atoms with Gasteiger partial charge in [0.25, 0.3) is 0 Å². The summed E-state index contributed by atoms with van der Waals surface area (Å²) in [6, 6.07) is 0. The molecule has 0 saturated carbocycles. The van der Waals surface area contributed by atoms with Crippen molar-refractivity contribution in [3.05, 3.63) is 134 Å². The molecule has 0 rings (SSSR count). The van der Waals surface area contributed by atoms with Gasteiger partial charge in [-0.1, -0.05) is 212 Å². The Balaban J connectivity index is 4.88. The third-order valence-electron chi connectivity index (χ3n) is 11.6. The van der Waals surface area contributed by atoms with E-state index in [4.69, 9.17) is 23.3 Å². The van der Waals surface area contributed by atoms with Crippen molar-refractivity contribution in [2.24, 2.45) is 0 Å². The molecule has 0 bridgehead atoms. The second-order valence-electron chi connectivity index (χ2n) is 18.7. The van der Waals surface area contributed by atoms with Gasteiger partial charge in [0.2, 0.25) is 0 Å². The highest BCUT2D eigenvalue weighted by atomic mass is 31.2. The van der Waals surface area contributed by atoms with Crippen LogP contribution in [-0.2, 0) is 42.2 Å². The minimum atomic E-state index is -4.79. The van der Waals surface area contributed by atoms with Gasteiger partial charge < -0.3 is 24.2 Å². The molecule has 76 heavy (non-hydrogen) atoms. The molecule has 0 amide bonds. The summed E-state index contributed by atoms with van der Waals surface area (Å²) in [5.41, 5.74) is 0. The van der Waals surface area contributed by atoms with E-state index in [0.29, 0.717) is 25.7 Å². The number of rotatable bonds is 52. The average Bonchev–Trinajstić information content (AvgIpc) is 3.41. The van der Waals surface area contributed by atoms with Gasteiger partial charge in [-0.15, -0.1) is 0 Å². The summed E-state index contributed by atoms with van der Waals surface area (Å²) < 4.78 is 39.4. The quantitative estimate of drug-likeness (QED) is 0.0197. The molecule has 0 aliphatic carbocycles. The molecule has 0 radical (unpaired) electrons. The molecular weight excluding hydrogens is 976 g/mol. The van der Waals surface area contributed by atoms with Crippen LogP contribution in [0.15, 0.2) is 134 Å². The Hall–Kier alpha value is -4.38. The zero-order chi connectivity index (χ0) is 55.5. The van der Waals surface area contributed by atoms with Gasteiger partial charge in [0, 0.05) is 19.3 Å². The van der Waals surface area contributed by atoms with Crippen LogP contribution in [0.2, 0.25) is 0 Å². The molecule has 430 valence electrons. The molecule has 2 N–H and O–H groups in total. The zero-order valence-electron chi connectivity index (χ0n) is 47.4. The first-order valence-electron chi connectivity index (χ1n) is 29.1. The van der Waals surface area contributed by atoms with Gasteiger partial charge in [0.1, 0.15) is 12.7 Å². The van der Waals surface area contributed by atoms with E-state index in [1.165, 1.54) is 51.4 Å². The molecule has 0 aromatic heterocycles. The number of aliphatic hydroxyl groups excluding tert-OH is 1. The van der Waals surface area contributed by atoms with Crippen molar-refractivity contribution in [3.63, 3.8) is 0 Å². The monoisotopic (exact) mass is 1080 g/mol. The number of phosphoric acid groups is 1. The van der Waals surface area contributed by atoms with Gasteiger partial charge in [0.05, 0.1) is 19.8 Å². The summed E-state index contributed by atoms with van der Waals surface area (Å²) in [5.74, 6) is -1.64. The third-order valence-corrected chi connectivity index (χ3v) is 12.5. The number of unbranched alkanes of at least 4 members (excludes halogenated alkanes) is 13. The molecule has 0 aromatic carbocycles. The van der Waals surface area contributed by atoms with E-state index in [-0.39, 0.29) is 25.9 Å². The van der Waals surface area contributed by atoms with Gasteiger partial charge in [-0.25, -0.2) is 4.57 Å². The molecule has 11 nitrogen and oxygen atoms in total. The molecule has 0 spiro atoms. The van der Waals surface area contributed by atoms with Gasteiger partial charge in [-0.05, 0) is 116 Å². The van der Waals surface area contributed by atoms with Crippen LogP contribution in [-0.4, -0.2) is 66.5 Å². The molecule has 3 unspecified atom stereocenters. The Morgan fingerprint density at radius 1 is 0.382 bits per heavy atom. The molecule has 0 aliphatic heterocycles. The second-order valence-corrected chi connectivity index (χ2v) is 20.1. The molecule has 0 saturated heterocycles. The fourth-order valence-electron chi connectivity index (χ4n) is 7.20. The summed E-state index contributed by atoms with van der Waals surface area (Å²) in [5, 5.41) is 9.79. The number of allylic oxidation sites excluding steroid dienone is 22. The number of hydrogen-bond acceptors (Lipinski definition) is 10. The average molecular weight is 1080 g/mol. The largest absolute Gasteiger partial charge is 0.472 e. The van der Waals surface area contributed by atoms with Gasteiger partial charge >= 0.3 is 25.7 Å². The molecule has 0 fully saturated rings. The Kier molecular flexibility index (Phi) is 53.5. The summed E-state index contributed by atoms with van der Waals surface area (Å²) in [6.07, 6.45) is 71.5. The summed E-state index contributed by atoms with van der Waals surface area (Å²) in [6.45, 7) is 4.22. The predicted molar refractivity (Wildman–Crippen MR) is 316 cm³/mol. The first-order valence-corrected chi connectivity index (χ1v) is 30.6. The number of aliphatic hydroxyl groups is 1. The topological polar surface area (TPSA) is 155 Å². The van der Waals surface area contributed by atoms with Crippen LogP contribution < -0.4 is 0 Å². The van der Waals surface area contributed by atoms with Crippen molar-refractivity contribution < 1.29 is 52.2 Å². The minimum Gasteiger partial charge on any atom is -0.462 e. The fourth-order valence-corrected chi connectivity index (χ4v) is 7.98. The van der Waals surface area contributed by atoms with Gasteiger partial charge in [0.15, 0.2) is 6.10 Å². The first-order chi connectivity index (χ1) is 37.2. The molecule has 0 aliphatic rings. The lowest BCUT2D eigenvalue weighted by Gasteiger charge is -2.21. The highest BCUT2D eigenvalue weighted by Crippen LogP contribution is 2.43. The lowest BCUT2D eigenvalue weighted by Crippen LogP contribution is -2.30. The minimum absolute atomic E-state index is 0.0453. The van der Waals surface area contributed by atoms with Crippen LogP contribution in [0.4, 0.5) is 0 Å². The highest BCUT2D eigenvalue weighted by molar-refractivity contribution is 7.47. The molecule has 3 atom stereocenters. The van der Waals surface area contributed by atoms with Crippen molar-refractivity contribution >= 4 is 25.7 Å². The number of ether oxygens (including phenoxy) is 3. The summed E-state index contributed by atoms with van der Waals surface area (Å²) in [7, 11) is -4.79. The van der Waals surface area contributed by atoms with E-state index in [9.17, 15) is 28.9 Å². The standard InChI is InChI=1S/C64H103O11P/c1-4-7-10-13-16-19-22-25-27-29-30-32-34-37-40-43-46-49-52-55-64(68)75-61(57-71-62(66)53-50-47-44-41-38-36-33-31-28-26-23-20-17-14-11-8-5-2)59-73-76(69,70)72-58-60(56-65)74-63(67)54-51-48-45-42-39-35-24-21-18-15-12-9-6-3/h8-9,11-12,16-21,25-28,33,35-36,39,41,44-45,48,60-61,65H,4-7,10,13-15,22-24,29-32,34,37-38,40,42-43,46-47,49-59H2,1-3H3,(H,69,70)/b11-8-,12-9-,19-16-,20-17-,21-18-,27-25-,28-26-,36-33-,39-35-,44-41-,48-45-. The summed E-state index contributed by atoms with van der Waals surface area (Å²) in [4.78, 5) is 48.5. The Morgan fingerprint density at radius 3 is 1.17 bits per heavy atom. The normalized spacial score (nSPS) is 14.3. The SMILES string of the molecule is CC/C=C\C/C=C\C/C=C\C/C=C\C/C=C\CCCC(=O)OCC(COP(=O)(O)OCC(CO)OC(=O)CC/C=C\C/C=C\C/C=C\C/C=C\CC)OC(=O)CCCCCCCCCCC/C=C\C/C=C\CCCCC. The lowest BCUT2D eigenvalue weighted by molar-refractivity contribution is -0.161. The van der Waals surface area contributed by atoms with E-state index in [1.807, 2.05) is 24.3 Å². The van der Waals surface area contributed by atoms with E-state index in [0.717, 1.165) is 96.3 Å². The fraction of sp³-hybridized carbons (Fsp3) is 0.609. The molecule has 12 heteroatoms. The predicted octanol–water partition coefficient (Wildman–Crippen LogP) is 17.4. The van der Waals surface area contributed by atoms with Crippen LogP contribution in [0.25, 0.3) is 0 Å². The van der Waals surface area contributed by atoms with Crippen molar-refractivity contribution in [1.29, 1.82) is 0 Å². The van der Waals surface area contributed by atoms with E-state index >= 15 is 0 Å². The number of esters is 3. The number of carbonyl (C=O) groups excluding carboxylic acids is 3. The van der Waals surface area contributed by atoms with Crippen molar-refractivity contribution in [1.82, 2.24) is 0 Å². The number of carbonyl (C=O) groups is 3. The van der Waals surface area contributed by atoms with Crippen molar-refractivity contribution in [2.45, 2.75) is 226 Å². The number of hydrogen-bond donors (Lipinski definition) is 2. The van der Waals surface area contributed by atoms with Crippen LogP contribution in [0.3, 0.4) is 0 Å². The second kappa shape index (κ2) is 56.8. The maximum Gasteiger partial charge on any atom is 0.472 e. The smallest absolute Gasteiger partial charge is 0.462 e. The van der Waals surface area contributed by atoms with E-state index in [2.05, 4.69) is 130 Å². The van der Waals surface area contributed by atoms with Crippen LogP contribution in [0.1, 0.15) is 213 Å². The maximum absolute atomic E-state index is 12.9. The molecule has 0 aromatic rings. The molecule has 0 heterocycles. The lowest BCUT2D eigenvalue weighted by atomic mass is 10.1.